The van der Waals surface area contributed by atoms with Crippen LogP contribution in [0.4, 0.5) is 0 Å². The zero-order valence-electron chi connectivity index (χ0n) is 18.0. The van der Waals surface area contributed by atoms with E-state index in [2.05, 4.69) is 0 Å². The highest BCUT2D eigenvalue weighted by molar-refractivity contribution is 6.31. The molecule has 0 aromatic heterocycles. The number of amides is 1. The lowest BCUT2D eigenvalue weighted by Gasteiger charge is -2.31. The quantitative estimate of drug-likeness (QED) is 0.552. The molecule has 1 aliphatic rings. The number of benzene rings is 3. The summed E-state index contributed by atoms with van der Waals surface area (Å²) < 4.78 is 5.42. The number of methoxy groups -OCH3 is 1. The summed E-state index contributed by atoms with van der Waals surface area (Å²) in [4.78, 5) is 27.0. The lowest BCUT2D eigenvalue weighted by molar-refractivity contribution is -0.141. The molecule has 0 bridgehead atoms. The second-order valence-corrected chi connectivity index (χ2v) is 8.40. The Kier molecular flexibility index (Phi) is 6.67. The maximum atomic E-state index is 13.6. The molecule has 2 N–H and O–H groups in total. The highest BCUT2D eigenvalue weighted by Crippen LogP contribution is 2.44. The van der Waals surface area contributed by atoms with Crippen molar-refractivity contribution in [2.45, 2.75) is 18.5 Å². The average Bonchev–Trinajstić information content (AvgIpc) is 3.24. The van der Waals surface area contributed by atoms with Crippen molar-refractivity contribution >= 4 is 23.5 Å². The number of hydrogen-bond donors (Lipinski definition) is 2. The monoisotopic (exact) mass is 465 g/mol. The summed E-state index contributed by atoms with van der Waals surface area (Å²) in [5, 5.41) is 20.3. The number of rotatable bonds is 6. The van der Waals surface area contributed by atoms with Crippen molar-refractivity contribution in [3.63, 3.8) is 0 Å². The fourth-order valence-corrected chi connectivity index (χ4v) is 4.80. The number of ether oxygens (including phenoxy) is 1. The van der Waals surface area contributed by atoms with Gasteiger partial charge < -0.3 is 19.8 Å². The molecular weight excluding hydrogens is 442 g/mol. The van der Waals surface area contributed by atoms with Crippen molar-refractivity contribution in [2.75, 3.05) is 13.7 Å². The van der Waals surface area contributed by atoms with Crippen molar-refractivity contribution in [1.82, 2.24) is 4.90 Å². The van der Waals surface area contributed by atoms with Gasteiger partial charge in [-0.1, -0.05) is 60.1 Å². The lowest BCUT2D eigenvalue weighted by atomic mass is 9.93. The van der Waals surface area contributed by atoms with Crippen molar-refractivity contribution in [3.8, 4) is 16.9 Å². The van der Waals surface area contributed by atoms with Gasteiger partial charge in [0.1, 0.15) is 11.8 Å². The van der Waals surface area contributed by atoms with Crippen molar-refractivity contribution < 1.29 is 24.5 Å². The molecule has 7 heteroatoms. The second-order valence-electron chi connectivity index (χ2n) is 7.99. The minimum atomic E-state index is -1.11. The molecule has 4 rings (SSSR count). The van der Waals surface area contributed by atoms with E-state index in [0.717, 1.165) is 11.1 Å². The first kappa shape index (κ1) is 22.8. The Labute approximate surface area is 197 Å². The van der Waals surface area contributed by atoms with Gasteiger partial charge in [-0.25, -0.2) is 4.79 Å². The molecule has 170 valence electrons. The Hall–Kier alpha value is -3.35. The second kappa shape index (κ2) is 9.65. The van der Waals surface area contributed by atoms with Crippen molar-refractivity contribution in [3.05, 3.63) is 88.9 Å². The number of carbonyl (C=O) groups is 2. The van der Waals surface area contributed by atoms with Crippen LogP contribution in [0.1, 0.15) is 28.4 Å². The predicted molar refractivity (Wildman–Crippen MR) is 125 cm³/mol. The zero-order valence-corrected chi connectivity index (χ0v) is 18.8. The number of aliphatic carboxylic acids is 1. The number of nitrogens with zero attached hydrogens (tertiary/aromatic N) is 1. The summed E-state index contributed by atoms with van der Waals surface area (Å²) in [6, 6.07) is 19.9. The molecule has 3 atom stereocenters. The standard InChI is InChI=1S/C26H24ClNO5/c1-33-23-9-5-3-6-19(23)16-10-12-17(13-11-16)25(30)28-22(26(31)32)14-18(15-29)24(28)20-7-2-4-8-21(20)27/h2-13,18,22,24,29H,14-15H2,1H3,(H,31,32)/t18-,22+,24-/m1/s1. The third kappa shape index (κ3) is 4.32. The number of halogens is 1. The molecule has 0 unspecified atom stereocenters. The minimum Gasteiger partial charge on any atom is -0.496 e. The molecule has 1 heterocycles. The van der Waals surface area contributed by atoms with Gasteiger partial charge in [0.05, 0.1) is 13.2 Å². The first-order valence-corrected chi connectivity index (χ1v) is 11.0. The van der Waals surface area contributed by atoms with Crippen LogP contribution in [0.5, 0.6) is 5.75 Å². The average molecular weight is 466 g/mol. The van der Waals surface area contributed by atoms with Gasteiger partial charge >= 0.3 is 5.97 Å². The molecule has 6 nitrogen and oxygen atoms in total. The number of carboxylic acids is 1. The van der Waals surface area contributed by atoms with Crippen LogP contribution in [-0.2, 0) is 4.79 Å². The Bertz CT molecular complexity index is 1160. The third-order valence-electron chi connectivity index (χ3n) is 6.14. The SMILES string of the molecule is COc1ccccc1-c1ccc(C(=O)N2[C@H](C(=O)O)C[C@H](CO)[C@@H]2c2ccccc2Cl)cc1. The van der Waals surface area contributed by atoms with Crippen LogP contribution in [0.25, 0.3) is 11.1 Å². The maximum absolute atomic E-state index is 13.6. The molecule has 1 saturated heterocycles. The van der Waals surface area contributed by atoms with E-state index in [4.69, 9.17) is 16.3 Å². The molecule has 0 saturated carbocycles. The molecule has 1 aliphatic heterocycles. The van der Waals surface area contributed by atoms with E-state index >= 15 is 0 Å². The van der Waals surface area contributed by atoms with E-state index in [1.54, 1.807) is 43.5 Å². The number of hydrogen-bond acceptors (Lipinski definition) is 4. The van der Waals surface area contributed by atoms with E-state index in [1.807, 2.05) is 36.4 Å². The largest absolute Gasteiger partial charge is 0.496 e. The van der Waals surface area contributed by atoms with Gasteiger partial charge in [0.2, 0.25) is 0 Å². The molecule has 1 fully saturated rings. The van der Waals surface area contributed by atoms with Crippen molar-refractivity contribution in [1.29, 1.82) is 0 Å². The van der Waals surface area contributed by atoms with Crippen molar-refractivity contribution in [2.24, 2.45) is 5.92 Å². The first-order valence-electron chi connectivity index (χ1n) is 10.6. The van der Waals surface area contributed by atoms with Crippen LogP contribution in [0, 0.1) is 5.92 Å². The number of aliphatic hydroxyl groups excluding tert-OH is 1. The smallest absolute Gasteiger partial charge is 0.326 e. The highest BCUT2D eigenvalue weighted by Gasteiger charge is 2.48. The normalized spacial score (nSPS) is 20.0. The van der Waals surface area contributed by atoms with Crippen LogP contribution in [0.3, 0.4) is 0 Å². The molecule has 0 spiro atoms. The van der Waals surface area contributed by atoms with E-state index in [1.165, 1.54) is 4.90 Å². The first-order chi connectivity index (χ1) is 16.0. The Morgan fingerprint density at radius 2 is 1.70 bits per heavy atom. The van der Waals surface area contributed by atoms with Gasteiger partial charge in [-0.2, -0.15) is 0 Å². The molecule has 0 aliphatic carbocycles. The van der Waals surface area contributed by atoms with Gasteiger partial charge in [0.25, 0.3) is 5.91 Å². The van der Waals surface area contributed by atoms with Crippen LogP contribution < -0.4 is 4.74 Å². The lowest BCUT2D eigenvalue weighted by Crippen LogP contribution is -2.42. The van der Waals surface area contributed by atoms with Gasteiger partial charge in [-0.05, 0) is 41.8 Å². The van der Waals surface area contributed by atoms with Gasteiger partial charge in [-0.3, -0.25) is 4.79 Å². The van der Waals surface area contributed by atoms with E-state index in [0.29, 0.717) is 21.9 Å². The summed E-state index contributed by atoms with van der Waals surface area (Å²) in [6.07, 6.45) is 0.146. The maximum Gasteiger partial charge on any atom is 0.326 e. The number of likely N-dealkylation sites (tertiary alicyclic amines) is 1. The Morgan fingerprint density at radius 3 is 2.33 bits per heavy atom. The fourth-order valence-electron chi connectivity index (χ4n) is 4.56. The molecule has 1 amide bonds. The number of aliphatic hydroxyl groups is 1. The third-order valence-corrected chi connectivity index (χ3v) is 6.48. The number of carboxylic acid groups (broad SMARTS) is 1. The summed E-state index contributed by atoms with van der Waals surface area (Å²) in [5.41, 5.74) is 2.74. The summed E-state index contributed by atoms with van der Waals surface area (Å²) in [5.74, 6) is -1.26. The summed E-state index contributed by atoms with van der Waals surface area (Å²) in [6.45, 7) is -0.254. The summed E-state index contributed by atoms with van der Waals surface area (Å²) >= 11 is 6.41. The van der Waals surface area contributed by atoms with Gasteiger partial charge in [-0.15, -0.1) is 0 Å². The van der Waals surface area contributed by atoms with Crippen LogP contribution in [-0.4, -0.2) is 46.7 Å². The number of carbonyl (C=O) groups excluding carboxylic acids is 1. The van der Waals surface area contributed by atoms with Crippen LogP contribution in [0.2, 0.25) is 5.02 Å². The topological polar surface area (TPSA) is 87.1 Å². The predicted octanol–water partition coefficient (Wildman–Crippen LogP) is 4.66. The Balaban J connectivity index is 1.72. The van der Waals surface area contributed by atoms with E-state index in [-0.39, 0.29) is 13.0 Å². The summed E-state index contributed by atoms with van der Waals surface area (Å²) in [7, 11) is 1.60. The minimum absolute atomic E-state index is 0.146. The van der Waals surface area contributed by atoms with E-state index < -0.39 is 29.9 Å². The van der Waals surface area contributed by atoms with Crippen LogP contribution in [0.15, 0.2) is 72.8 Å². The van der Waals surface area contributed by atoms with Crippen LogP contribution >= 0.6 is 11.6 Å². The van der Waals surface area contributed by atoms with E-state index in [9.17, 15) is 19.8 Å². The highest BCUT2D eigenvalue weighted by atomic mass is 35.5. The van der Waals surface area contributed by atoms with Gasteiger partial charge in [0, 0.05) is 28.7 Å². The molecule has 3 aromatic rings. The van der Waals surface area contributed by atoms with Gasteiger partial charge in [0.15, 0.2) is 0 Å². The zero-order chi connectivity index (χ0) is 23.5. The molecule has 33 heavy (non-hydrogen) atoms. The molecule has 3 aromatic carbocycles. The molecule has 0 radical (unpaired) electrons. The molecular formula is C26H24ClNO5. The fraction of sp³-hybridized carbons (Fsp3) is 0.231. The number of para-hydroxylation sites is 1. The Morgan fingerprint density at radius 1 is 1.03 bits per heavy atom.